The minimum Gasteiger partial charge on any atom is -0.329 e. The maximum absolute atomic E-state index is 4.81. The highest BCUT2D eigenvalue weighted by Gasteiger charge is 2.27. The molecule has 2 aromatic rings. The highest BCUT2D eigenvalue weighted by atomic mass is 15.2. The van der Waals surface area contributed by atoms with Crippen molar-refractivity contribution < 1.29 is 0 Å². The van der Waals surface area contributed by atoms with E-state index in [2.05, 4.69) is 35.0 Å². The number of aromatic nitrogens is 2. The Morgan fingerprint density at radius 1 is 1.35 bits per heavy atom. The van der Waals surface area contributed by atoms with Crippen molar-refractivity contribution in [2.75, 3.05) is 6.54 Å². The number of aryl methyl sites for hydroxylation is 1. The van der Waals surface area contributed by atoms with Crippen LogP contribution in [-0.2, 0) is 19.5 Å². The molecule has 0 saturated carbocycles. The topological polar surface area (TPSA) is 29.9 Å². The van der Waals surface area contributed by atoms with Gasteiger partial charge in [-0.2, -0.15) is 0 Å². The maximum Gasteiger partial charge on any atom is 0.123 e. The molecule has 0 spiro atoms. The fraction of sp³-hybridized carbons (Fsp3) is 0.357. The average Bonchev–Trinajstić information content (AvgIpc) is 2.85. The van der Waals surface area contributed by atoms with Crippen LogP contribution in [-0.4, -0.2) is 16.1 Å². The summed E-state index contributed by atoms with van der Waals surface area (Å²) >= 11 is 0. The van der Waals surface area contributed by atoms with E-state index in [1.54, 1.807) is 0 Å². The first-order valence-electron chi connectivity index (χ1n) is 6.22. The average molecular weight is 225 g/mol. The molecular formula is C14H15N3. The van der Waals surface area contributed by atoms with Gasteiger partial charge in [-0.15, -0.1) is 0 Å². The SMILES string of the molecule is Cc1ccc2c(c1)-c1nc3n(c1C2)CCNC3. The number of benzene rings is 1. The number of nitrogens with zero attached hydrogens (tertiary/aromatic N) is 2. The van der Waals surface area contributed by atoms with Crippen molar-refractivity contribution in [3.05, 3.63) is 40.8 Å². The smallest absolute Gasteiger partial charge is 0.123 e. The Bertz CT molecular complexity index is 610. The lowest BCUT2D eigenvalue weighted by Crippen LogP contribution is -2.29. The summed E-state index contributed by atoms with van der Waals surface area (Å²) in [4.78, 5) is 4.81. The van der Waals surface area contributed by atoms with Gasteiger partial charge < -0.3 is 9.88 Å². The van der Waals surface area contributed by atoms with Crippen molar-refractivity contribution in [2.45, 2.75) is 26.4 Å². The fourth-order valence-electron chi connectivity index (χ4n) is 2.97. The van der Waals surface area contributed by atoms with Crippen molar-refractivity contribution in [1.29, 1.82) is 0 Å². The Hall–Kier alpha value is -1.61. The minimum atomic E-state index is 0.911. The number of hydrogen-bond donors (Lipinski definition) is 1. The van der Waals surface area contributed by atoms with E-state index in [4.69, 9.17) is 4.98 Å². The van der Waals surface area contributed by atoms with Crippen LogP contribution < -0.4 is 5.32 Å². The van der Waals surface area contributed by atoms with Crippen LogP contribution in [0.15, 0.2) is 18.2 Å². The van der Waals surface area contributed by atoms with Gasteiger partial charge in [0.05, 0.1) is 12.2 Å². The molecule has 3 nitrogen and oxygen atoms in total. The van der Waals surface area contributed by atoms with Gasteiger partial charge in [0, 0.05) is 30.8 Å². The normalized spacial score (nSPS) is 16.5. The van der Waals surface area contributed by atoms with E-state index in [1.807, 2.05) is 0 Å². The summed E-state index contributed by atoms with van der Waals surface area (Å²) in [6.07, 6.45) is 1.05. The number of imidazole rings is 1. The predicted molar refractivity (Wildman–Crippen MR) is 66.9 cm³/mol. The second-order valence-electron chi connectivity index (χ2n) is 4.99. The van der Waals surface area contributed by atoms with E-state index < -0.39 is 0 Å². The summed E-state index contributed by atoms with van der Waals surface area (Å²) < 4.78 is 2.40. The van der Waals surface area contributed by atoms with Crippen molar-refractivity contribution in [3.8, 4) is 11.3 Å². The van der Waals surface area contributed by atoms with Crippen LogP contribution in [0.3, 0.4) is 0 Å². The zero-order chi connectivity index (χ0) is 11.4. The fourth-order valence-corrected chi connectivity index (χ4v) is 2.97. The Morgan fingerprint density at radius 2 is 2.29 bits per heavy atom. The predicted octanol–water partition coefficient (Wildman–Crippen LogP) is 1.87. The van der Waals surface area contributed by atoms with Crippen LogP contribution >= 0.6 is 0 Å². The lowest BCUT2D eigenvalue weighted by molar-refractivity contribution is 0.496. The molecule has 1 aliphatic carbocycles. The molecule has 0 bridgehead atoms. The summed E-state index contributed by atoms with van der Waals surface area (Å²) in [6.45, 7) is 5.18. The highest BCUT2D eigenvalue weighted by Crippen LogP contribution is 2.37. The monoisotopic (exact) mass is 225 g/mol. The molecule has 1 aromatic heterocycles. The third-order valence-electron chi connectivity index (χ3n) is 3.83. The lowest BCUT2D eigenvalue weighted by atomic mass is 10.1. The summed E-state index contributed by atoms with van der Waals surface area (Å²) in [7, 11) is 0. The molecule has 0 radical (unpaired) electrons. The molecule has 3 heteroatoms. The van der Waals surface area contributed by atoms with Crippen LogP contribution in [0.1, 0.15) is 22.6 Å². The maximum atomic E-state index is 4.81. The molecular weight excluding hydrogens is 210 g/mol. The molecule has 0 fully saturated rings. The quantitative estimate of drug-likeness (QED) is 0.633. The lowest BCUT2D eigenvalue weighted by Gasteiger charge is -2.16. The molecule has 0 amide bonds. The van der Waals surface area contributed by atoms with Gasteiger partial charge in [-0.05, 0) is 18.6 Å². The summed E-state index contributed by atoms with van der Waals surface area (Å²) in [5, 5.41) is 3.38. The van der Waals surface area contributed by atoms with Crippen molar-refractivity contribution in [2.24, 2.45) is 0 Å². The van der Waals surface area contributed by atoms with Gasteiger partial charge in [0.1, 0.15) is 5.82 Å². The van der Waals surface area contributed by atoms with E-state index in [0.717, 1.165) is 26.1 Å². The molecule has 0 saturated heterocycles. The standard InChI is InChI=1S/C14H15N3/c1-9-2-3-10-7-12-14(11(10)6-9)16-13-8-15-4-5-17(12)13/h2-3,6,15H,4-5,7-8H2,1H3. The Kier molecular flexibility index (Phi) is 1.77. The molecule has 2 aliphatic rings. The van der Waals surface area contributed by atoms with Crippen LogP contribution in [0.25, 0.3) is 11.3 Å². The molecule has 2 heterocycles. The highest BCUT2D eigenvalue weighted by molar-refractivity contribution is 5.73. The van der Waals surface area contributed by atoms with E-state index in [-0.39, 0.29) is 0 Å². The minimum absolute atomic E-state index is 0.911. The summed E-state index contributed by atoms with van der Waals surface area (Å²) in [5.74, 6) is 1.20. The molecule has 86 valence electrons. The van der Waals surface area contributed by atoms with Gasteiger partial charge in [-0.3, -0.25) is 0 Å². The van der Waals surface area contributed by atoms with E-state index >= 15 is 0 Å². The van der Waals surface area contributed by atoms with E-state index in [0.29, 0.717) is 0 Å². The van der Waals surface area contributed by atoms with Crippen LogP contribution in [0.5, 0.6) is 0 Å². The first-order chi connectivity index (χ1) is 8.33. The zero-order valence-corrected chi connectivity index (χ0v) is 9.95. The van der Waals surface area contributed by atoms with Crippen molar-refractivity contribution >= 4 is 0 Å². The number of nitrogens with one attached hydrogen (secondary N) is 1. The van der Waals surface area contributed by atoms with Crippen molar-refractivity contribution in [3.63, 3.8) is 0 Å². The van der Waals surface area contributed by atoms with Gasteiger partial charge >= 0.3 is 0 Å². The molecule has 1 aliphatic heterocycles. The molecule has 0 unspecified atom stereocenters. The van der Waals surface area contributed by atoms with Crippen LogP contribution in [0.2, 0.25) is 0 Å². The third kappa shape index (κ3) is 1.23. The van der Waals surface area contributed by atoms with Gasteiger partial charge in [0.25, 0.3) is 0 Å². The van der Waals surface area contributed by atoms with E-state index in [9.17, 15) is 0 Å². The van der Waals surface area contributed by atoms with Crippen LogP contribution in [0.4, 0.5) is 0 Å². The Morgan fingerprint density at radius 3 is 3.24 bits per heavy atom. The number of fused-ring (bicyclic) bond motifs is 5. The van der Waals surface area contributed by atoms with Gasteiger partial charge in [-0.25, -0.2) is 4.98 Å². The molecule has 17 heavy (non-hydrogen) atoms. The molecule has 1 aromatic carbocycles. The second kappa shape index (κ2) is 3.20. The number of hydrogen-bond acceptors (Lipinski definition) is 2. The molecule has 4 rings (SSSR count). The van der Waals surface area contributed by atoms with Gasteiger partial charge in [0.2, 0.25) is 0 Å². The first-order valence-corrected chi connectivity index (χ1v) is 6.22. The first kappa shape index (κ1) is 9.42. The second-order valence-corrected chi connectivity index (χ2v) is 4.99. The Labute approximate surface area is 100 Å². The molecule has 1 N–H and O–H groups in total. The molecule has 0 atom stereocenters. The van der Waals surface area contributed by atoms with E-state index in [1.165, 1.54) is 33.9 Å². The Balaban J connectivity index is 1.94. The summed E-state index contributed by atoms with van der Waals surface area (Å²) in [6, 6.07) is 6.72. The summed E-state index contributed by atoms with van der Waals surface area (Å²) in [5.41, 5.74) is 6.74. The largest absolute Gasteiger partial charge is 0.329 e. The van der Waals surface area contributed by atoms with Gasteiger partial charge in [-0.1, -0.05) is 17.7 Å². The van der Waals surface area contributed by atoms with Crippen molar-refractivity contribution in [1.82, 2.24) is 14.9 Å². The van der Waals surface area contributed by atoms with Gasteiger partial charge in [0.15, 0.2) is 0 Å². The third-order valence-corrected chi connectivity index (χ3v) is 3.83. The zero-order valence-electron chi connectivity index (χ0n) is 9.95. The number of rotatable bonds is 0. The van der Waals surface area contributed by atoms with Crippen LogP contribution in [0, 0.1) is 6.92 Å².